The van der Waals surface area contributed by atoms with E-state index in [0.717, 1.165) is 28.5 Å². The average Bonchev–Trinajstić information content (AvgIpc) is 3.44. The lowest BCUT2D eigenvalue weighted by molar-refractivity contribution is -0.139. The largest absolute Gasteiger partial charge is 0.480 e. The number of nitrogens with one attached hydrogen (secondary N) is 2. The Labute approximate surface area is 195 Å². The second-order valence-corrected chi connectivity index (χ2v) is 7.74. The highest BCUT2D eigenvalue weighted by molar-refractivity contribution is 5.97. The van der Waals surface area contributed by atoms with Crippen LogP contribution in [0.2, 0.25) is 0 Å². The first-order valence-electron chi connectivity index (χ1n) is 10.7. The van der Waals surface area contributed by atoms with Crippen LogP contribution in [0.15, 0.2) is 72.0 Å². The molecule has 0 saturated carbocycles. The molecule has 1 aliphatic carbocycles. The Morgan fingerprint density at radius 3 is 2.38 bits per heavy atom. The van der Waals surface area contributed by atoms with Gasteiger partial charge in [0.15, 0.2) is 0 Å². The summed E-state index contributed by atoms with van der Waals surface area (Å²) >= 11 is 0. The molecular formula is C25H23N3O6. The van der Waals surface area contributed by atoms with E-state index < -0.39 is 24.0 Å². The van der Waals surface area contributed by atoms with Gasteiger partial charge in [-0.15, -0.1) is 6.58 Å². The monoisotopic (exact) mass is 461 g/mol. The lowest BCUT2D eigenvalue weighted by Crippen LogP contribution is -2.40. The second-order valence-electron chi connectivity index (χ2n) is 7.74. The standard InChI is InChI=1S/C25H23N3O6/c1-2-7-21(24(30)31)27-23(29)20-14-34-28-22(20)12-26-25(32)33-13-19-17-10-5-3-8-15(17)16-9-4-6-11-18(16)19/h2-6,8-11,14,19,21H,1,7,12-13H2,(H,26,32)(H,27,29)(H,30,31). The van der Waals surface area contributed by atoms with Gasteiger partial charge in [-0.1, -0.05) is 59.8 Å². The molecule has 1 unspecified atom stereocenters. The Kier molecular flexibility index (Phi) is 6.72. The molecule has 1 aromatic heterocycles. The molecule has 0 saturated heterocycles. The van der Waals surface area contributed by atoms with E-state index in [4.69, 9.17) is 9.26 Å². The van der Waals surface area contributed by atoms with Crippen molar-refractivity contribution in [2.75, 3.05) is 6.61 Å². The molecule has 0 fully saturated rings. The molecule has 4 rings (SSSR count). The van der Waals surface area contributed by atoms with Crippen molar-refractivity contribution >= 4 is 18.0 Å². The molecule has 2 aromatic carbocycles. The molecule has 1 heterocycles. The summed E-state index contributed by atoms with van der Waals surface area (Å²) in [5.74, 6) is -1.95. The number of aliphatic carboxylic acids is 1. The van der Waals surface area contributed by atoms with Crippen molar-refractivity contribution in [2.45, 2.75) is 24.9 Å². The number of alkyl carbamates (subject to hydrolysis) is 1. The minimum Gasteiger partial charge on any atom is -0.480 e. The topological polar surface area (TPSA) is 131 Å². The first kappa shape index (κ1) is 22.8. The molecule has 0 aliphatic heterocycles. The quantitative estimate of drug-likeness (QED) is 0.416. The number of aromatic nitrogens is 1. The number of rotatable bonds is 9. The van der Waals surface area contributed by atoms with Crippen molar-refractivity contribution in [1.82, 2.24) is 15.8 Å². The summed E-state index contributed by atoms with van der Waals surface area (Å²) in [5.41, 5.74) is 4.62. The predicted molar refractivity (Wildman–Crippen MR) is 122 cm³/mol. The molecule has 0 radical (unpaired) electrons. The number of hydrogen-bond donors (Lipinski definition) is 3. The van der Waals surface area contributed by atoms with Gasteiger partial charge in [-0.3, -0.25) is 4.79 Å². The fourth-order valence-corrected chi connectivity index (χ4v) is 4.00. The third kappa shape index (κ3) is 4.68. The van der Waals surface area contributed by atoms with Gasteiger partial charge in [0, 0.05) is 5.92 Å². The number of carbonyl (C=O) groups is 3. The molecule has 9 heteroatoms. The summed E-state index contributed by atoms with van der Waals surface area (Å²) in [7, 11) is 0. The van der Waals surface area contributed by atoms with Gasteiger partial charge in [-0.05, 0) is 28.7 Å². The van der Waals surface area contributed by atoms with Gasteiger partial charge in [0.25, 0.3) is 5.91 Å². The maximum Gasteiger partial charge on any atom is 0.407 e. The fraction of sp³-hybridized carbons (Fsp3) is 0.200. The van der Waals surface area contributed by atoms with Gasteiger partial charge in [0.1, 0.15) is 30.2 Å². The van der Waals surface area contributed by atoms with Crippen LogP contribution in [0.4, 0.5) is 4.79 Å². The summed E-state index contributed by atoms with van der Waals surface area (Å²) < 4.78 is 10.3. The zero-order valence-corrected chi connectivity index (χ0v) is 18.2. The number of nitrogens with zero attached hydrogens (tertiary/aromatic N) is 1. The van der Waals surface area contributed by atoms with Gasteiger partial charge < -0.3 is 25.0 Å². The Morgan fingerprint density at radius 1 is 1.12 bits per heavy atom. The maximum absolute atomic E-state index is 12.4. The number of benzene rings is 2. The zero-order chi connectivity index (χ0) is 24.1. The van der Waals surface area contributed by atoms with Crippen LogP contribution in [0.5, 0.6) is 0 Å². The second kappa shape index (κ2) is 10.0. The Bertz CT molecular complexity index is 1190. The van der Waals surface area contributed by atoms with Crippen molar-refractivity contribution in [3.05, 3.63) is 89.8 Å². The highest BCUT2D eigenvalue weighted by atomic mass is 16.5. The van der Waals surface area contributed by atoms with E-state index in [1.807, 2.05) is 36.4 Å². The molecule has 174 valence electrons. The zero-order valence-electron chi connectivity index (χ0n) is 18.2. The minimum absolute atomic E-state index is 0.0225. The summed E-state index contributed by atoms with van der Waals surface area (Å²) in [6, 6.07) is 14.9. The number of ether oxygens (including phenoxy) is 1. The maximum atomic E-state index is 12.4. The average molecular weight is 461 g/mol. The number of fused-ring (bicyclic) bond motifs is 3. The number of carbonyl (C=O) groups excluding carboxylic acids is 2. The normalized spacial score (nSPS) is 12.8. The lowest BCUT2D eigenvalue weighted by atomic mass is 9.98. The van der Waals surface area contributed by atoms with E-state index in [-0.39, 0.29) is 36.7 Å². The van der Waals surface area contributed by atoms with Crippen molar-refractivity contribution < 1.29 is 28.8 Å². The van der Waals surface area contributed by atoms with Crippen LogP contribution in [-0.4, -0.2) is 40.9 Å². The first-order valence-corrected chi connectivity index (χ1v) is 10.7. The lowest BCUT2D eigenvalue weighted by Gasteiger charge is -2.14. The first-order chi connectivity index (χ1) is 16.5. The Balaban J connectivity index is 1.35. The Morgan fingerprint density at radius 2 is 1.76 bits per heavy atom. The van der Waals surface area contributed by atoms with Gasteiger partial charge in [-0.25, -0.2) is 9.59 Å². The SMILES string of the molecule is C=CCC(NC(=O)c1conc1CNC(=O)OCC1c2ccccc2-c2ccccc21)C(=O)O. The highest BCUT2D eigenvalue weighted by Crippen LogP contribution is 2.44. The molecule has 3 N–H and O–H groups in total. The van der Waals surface area contributed by atoms with Crippen LogP contribution in [-0.2, 0) is 16.1 Å². The summed E-state index contributed by atoms with van der Waals surface area (Å²) in [4.78, 5) is 36.1. The fourth-order valence-electron chi connectivity index (χ4n) is 4.00. The Hall–Kier alpha value is -4.40. The highest BCUT2D eigenvalue weighted by Gasteiger charge is 2.29. The smallest absolute Gasteiger partial charge is 0.407 e. The third-order valence-electron chi connectivity index (χ3n) is 5.64. The molecule has 0 bridgehead atoms. The van der Waals surface area contributed by atoms with E-state index in [9.17, 15) is 19.5 Å². The van der Waals surface area contributed by atoms with E-state index in [2.05, 4.69) is 34.5 Å². The summed E-state index contributed by atoms with van der Waals surface area (Å²) in [6.07, 6.45) is 1.87. The van der Waals surface area contributed by atoms with Crippen molar-refractivity contribution in [2.24, 2.45) is 0 Å². The van der Waals surface area contributed by atoms with E-state index in [0.29, 0.717) is 0 Å². The van der Waals surface area contributed by atoms with Crippen LogP contribution >= 0.6 is 0 Å². The molecule has 1 aliphatic rings. The van der Waals surface area contributed by atoms with Crippen LogP contribution in [0.1, 0.15) is 39.5 Å². The van der Waals surface area contributed by atoms with Crippen molar-refractivity contribution in [1.29, 1.82) is 0 Å². The van der Waals surface area contributed by atoms with Gasteiger partial charge >= 0.3 is 12.1 Å². The van der Waals surface area contributed by atoms with Gasteiger partial charge in [-0.2, -0.15) is 0 Å². The van der Waals surface area contributed by atoms with Crippen LogP contribution in [0.25, 0.3) is 11.1 Å². The van der Waals surface area contributed by atoms with Crippen LogP contribution in [0.3, 0.4) is 0 Å². The molecule has 3 aromatic rings. The third-order valence-corrected chi connectivity index (χ3v) is 5.64. The molecule has 1 atom stereocenters. The van der Waals surface area contributed by atoms with E-state index in [1.165, 1.54) is 6.08 Å². The summed E-state index contributed by atoms with van der Waals surface area (Å²) in [6.45, 7) is 3.50. The molecule has 0 spiro atoms. The molecular weight excluding hydrogens is 438 g/mol. The van der Waals surface area contributed by atoms with E-state index >= 15 is 0 Å². The summed E-state index contributed by atoms with van der Waals surface area (Å²) in [5, 5.41) is 17.9. The number of hydrogen-bond acceptors (Lipinski definition) is 6. The van der Waals surface area contributed by atoms with Crippen LogP contribution < -0.4 is 10.6 Å². The molecule has 9 nitrogen and oxygen atoms in total. The number of carboxylic acids is 1. The van der Waals surface area contributed by atoms with Crippen molar-refractivity contribution in [3.8, 4) is 11.1 Å². The van der Waals surface area contributed by atoms with Crippen molar-refractivity contribution in [3.63, 3.8) is 0 Å². The molecule has 34 heavy (non-hydrogen) atoms. The van der Waals surface area contributed by atoms with Gasteiger partial charge in [0.2, 0.25) is 0 Å². The number of amides is 2. The van der Waals surface area contributed by atoms with Gasteiger partial charge in [0.05, 0.1) is 6.54 Å². The van der Waals surface area contributed by atoms with E-state index in [1.54, 1.807) is 0 Å². The molecule has 2 amide bonds. The minimum atomic E-state index is -1.19. The predicted octanol–water partition coefficient (Wildman–Crippen LogP) is 3.47. The number of carboxylic acid groups (broad SMARTS) is 1. The van der Waals surface area contributed by atoms with Crippen LogP contribution in [0, 0.1) is 0 Å².